The number of alkyl halides is 3. The van der Waals surface area contributed by atoms with Crippen LogP contribution in [0.3, 0.4) is 0 Å². The van der Waals surface area contributed by atoms with Gasteiger partial charge in [0, 0.05) is 22.5 Å². The average molecular weight is 490 g/mol. The van der Waals surface area contributed by atoms with Crippen molar-refractivity contribution in [3.05, 3.63) is 74.9 Å². The van der Waals surface area contributed by atoms with Crippen LogP contribution in [0, 0.1) is 0 Å². The second-order valence-corrected chi connectivity index (χ2v) is 8.26. The van der Waals surface area contributed by atoms with Crippen LogP contribution in [0.15, 0.2) is 48.5 Å². The molecule has 31 heavy (non-hydrogen) atoms. The van der Waals surface area contributed by atoms with Gasteiger partial charge in [0.25, 0.3) is 5.91 Å². The molecule has 0 saturated carbocycles. The number of carbonyl (C=O) groups excluding carboxylic acids is 1. The number of benzene rings is 2. The number of amides is 1. The molecule has 0 saturated heterocycles. The van der Waals surface area contributed by atoms with Crippen molar-refractivity contribution in [1.82, 2.24) is 9.78 Å². The summed E-state index contributed by atoms with van der Waals surface area (Å²) in [4.78, 5) is 12.6. The number of hydrogen-bond acceptors (Lipinski definition) is 3. The van der Waals surface area contributed by atoms with Gasteiger partial charge >= 0.3 is 6.18 Å². The molecule has 0 unspecified atom stereocenters. The largest absolute Gasteiger partial charge is 0.410 e. The van der Waals surface area contributed by atoms with E-state index in [-0.39, 0.29) is 28.6 Å². The number of nitrogens with zero attached hydrogens (tertiary/aromatic N) is 2. The van der Waals surface area contributed by atoms with E-state index < -0.39 is 24.2 Å². The van der Waals surface area contributed by atoms with Crippen LogP contribution < -0.4 is 10.6 Å². The lowest BCUT2D eigenvalue weighted by atomic mass is 9.97. The molecule has 4 rings (SSSR count). The lowest BCUT2D eigenvalue weighted by Gasteiger charge is -2.33. The smallest absolute Gasteiger partial charge is 0.363 e. The quantitative estimate of drug-likeness (QED) is 0.427. The van der Waals surface area contributed by atoms with Gasteiger partial charge < -0.3 is 10.6 Å². The molecular weight excluding hydrogens is 476 g/mol. The van der Waals surface area contributed by atoms with Gasteiger partial charge in [-0.3, -0.25) is 4.79 Å². The number of hydrogen-bond donors (Lipinski definition) is 2. The molecule has 2 aromatic carbocycles. The molecule has 3 aromatic rings. The highest BCUT2D eigenvalue weighted by Gasteiger charge is 2.46. The van der Waals surface area contributed by atoms with Crippen molar-refractivity contribution in [2.24, 2.45) is 0 Å². The van der Waals surface area contributed by atoms with Crippen LogP contribution in [0.1, 0.15) is 34.6 Å². The highest BCUT2D eigenvalue weighted by molar-refractivity contribution is 6.36. The Hall–Kier alpha value is -2.42. The average Bonchev–Trinajstić information content (AvgIpc) is 3.13. The van der Waals surface area contributed by atoms with Crippen molar-refractivity contribution in [3.63, 3.8) is 0 Å². The summed E-state index contributed by atoms with van der Waals surface area (Å²) >= 11 is 17.8. The third kappa shape index (κ3) is 4.61. The van der Waals surface area contributed by atoms with E-state index in [2.05, 4.69) is 15.7 Å². The van der Waals surface area contributed by atoms with Crippen molar-refractivity contribution >= 4 is 52.2 Å². The summed E-state index contributed by atoms with van der Waals surface area (Å²) in [5, 5.41) is 10.5. The Labute approximate surface area is 190 Å². The van der Waals surface area contributed by atoms with Gasteiger partial charge in [0.1, 0.15) is 5.82 Å². The van der Waals surface area contributed by atoms with Gasteiger partial charge in [0.2, 0.25) is 0 Å². The summed E-state index contributed by atoms with van der Waals surface area (Å²) in [6.45, 7) is 0. The van der Waals surface area contributed by atoms with Gasteiger partial charge in [-0.15, -0.1) is 0 Å². The molecule has 2 heterocycles. The first-order valence-electron chi connectivity index (χ1n) is 9.06. The second kappa shape index (κ2) is 8.26. The Morgan fingerprint density at radius 1 is 1.06 bits per heavy atom. The topological polar surface area (TPSA) is 59.0 Å². The molecule has 1 aliphatic rings. The minimum atomic E-state index is -4.55. The monoisotopic (exact) mass is 488 g/mol. The number of anilines is 2. The predicted octanol–water partition coefficient (Wildman–Crippen LogP) is 6.76. The minimum Gasteiger partial charge on any atom is -0.363 e. The molecule has 0 spiro atoms. The predicted molar refractivity (Wildman–Crippen MR) is 114 cm³/mol. The van der Waals surface area contributed by atoms with Crippen molar-refractivity contribution in [2.75, 3.05) is 10.6 Å². The Bertz CT molecular complexity index is 1130. The van der Waals surface area contributed by atoms with Crippen molar-refractivity contribution in [3.8, 4) is 0 Å². The minimum absolute atomic E-state index is 0.0841. The fourth-order valence-electron chi connectivity index (χ4n) is 3.38. The van der Waals surface area contributed by atoms with E-state index in [1.54, 1.807) is 24.3 Å². The van der Waals surface area contributed by atoms with E-state index >= 15 is 0 Å². The Morgan fingerprint density at radius 2 is 1.74 bits per heavy atom. The van der Waals surface area contributed by atoms with Crippen molar-refractivity contribution < 1.29 is 18.0 Å². The first-order valence-corrected chi connectivity index (χ1v) is 10.2. The molecule has 1 aliphatic heterocycles. The summed E-state index contributed by atoms with van der Waals surface area (Å²) in [6, 6.07) is 9.76. The van der Waals surface area contributed by atoms with Crippen molar-refractivity contribution in [2.45, 2.75) is 24.7 Å². The zero-order valence-electron chi connectivity index (χ0n) is 15.6. The maximum atomic E-state index is 13.8. The molecule has 1 amide bonds. The summed E-state index contributed by atoms with van der Waals surface area (Å²) in [6.07, 6.45) is -4.84. The van der Waals surface area contributed by atoms with Crippen LogP contribution >= 0.6 is 34.8 Å². The van der Waals surface area contributed by atoms with Gasteiger partial charge in [-0.1, -0.05) is 46.9 Å². The van der Waals surface area contributed by atoms with Gasteiger partial charge in [0.05, 0.1) is 16.8 Å². The number of fused-ring (bicyclic) bond motifs is 1. The Kier molecular flexibility index (Phi) is 5.81. The summed E-state index contributed by atoms with van der Waals surface area (Å²) in [5.41, 5.74) is 0.728. The van der Waals surface area contributed by atoms with Crippen LogP contribution in [0.25, 0.3) is 0 Å². The SMILES string of the molecule is O=C(Nc1ccc(Cl)cc1Cl)c1cc2n(n1)[C@H](C(F)(F)F)C[C@@H](c1ccc(Cl)cc1)N2. The standard InChI is InChI=1S/C20H14Cl3F3N4O/c21-11-3-1-10(2-4-11)15-8-17(20(24,25)26)30-18(27-15)9-16(29-30)19(31)28-14-6-5-12(22)7-13(14)23/h1-7,9,15,17,27H,8H2,(H,28,31)/t15-,17-/m0/s1. The zero-order valence-corrected chi connectivity index (χ0v) is 17.8. The number of halogens is 6. The normalized spacial score (nSPS) is 18.3. The van der Waals surface area contributed by atoms with Crippen molar-refractivity contribution in [1.29, 1.82) is 0 Å². The summed E-state index contributed by atoms with van der Waals surface area (Å²) in [7, 11) is 0. The number of nitrogens with one attached hydrogen (secondary N) is 2. The van der Waals surface area contributed by atoms with E-state index in [0.29, 0.717) is 15.6 Å². The first-order chi connectivity index (χ1) is 14.6. The highest BCUT2D eigenvalue weighted by Crippen LogP contribution is 2.43. The fraction of sp³-hybridized carbons (Fsp3) is 0.200. The Balaban J connectivity index is 1.64. The molecular formula is C20H14Cl3F3N4O. The molecule has 2 atom stereocenters. The summed E-state index contributed by atoms with van der Waals surface area (Å²) in [5.74, 6) is -0.613. The molecule has 1 aromatic heterocycles. The van der Waals surface area contributed by atoms with Gasteiger partial charge in [-0.05, 0) is 35.9 Å². The van der Waals surface area contributed by atoms with Crippen LogP contribution in [0.2, 0.25) is 15.1 Å². The number of aromatic nitrogens is 2. The highest BCUT2D eigenvalue weighted by atomic mass is 35.5. The third-order valence-corrected chi connectivity index (χ3v) is 5.67. The van der Waals surface area contributed by atoms with E-state index in [1.807, 2.05) is 0 Å². The molecule has 162 valence electrons. The van der Waals surface area contributed by atoms with E-state index in [0.717, 1.165) is 4.68 Å². The maximum Gasteiger partial charge on any atom is 0.410 e. The van der Waals surface area contributed by atoms with E-state index in [9.17, 15) is 18.0 Å². The first kappa shape index (κ1) is 21.8. The van der Waals surface area contributed by atoms with E-state index in [4.69, 9.17) is 34.8 Å². The maximum absolute atomic E-state index is 13.8. The fourth-order valence-corrected chi connectivity index (χ4v) is 3.96. The zero-order chi connectivity index (χ0) is 22.3. The molecule has 11 heteroatoms. The molecule has 0 bridgehead atoms. The van der Waals surface area contributed by atoms with Crippen LogP contribution in [0.5, 0.6) is 0 Å². The Morgan fingerprint density at radius 3 is 2.39 bits per heavy atom. The molecule has 5 nitrogen and oxygen atoms in total. The molecule has 2 N–H and O–H groups in total. The second-order valence-electron chi connectivity index (χ2n) is 6.98. The van der Waals surface area contributed by atoms with Crippen LogP contribution in [-0.4, -0.2) is 21.9 Å². The van der Waals surface area contributed by atoms with Crippen LogP contribution in [-0.2, 0) is 0 Å². The summed E-state index contributed by atoms with van der Waals surface area (Å²) < 4.78 is 42.1. The third-order valence-electron chi connectivity index (χ3n) is 4.87. The lowest BCUT2D eigenvalue weighted by Crippen LogP contribution is -2.35. The number of carbonyl (C=O) groups is 1. The van der Waals surface area contributed by atoms with Gasteiger partial charge in [-0.25, -0.2) is 4.68 Å². The van der Waals surface area contributed by atoms with E-state index in [1.165, 1.54) is 24.3 Å². The van der Waals surface area contributed by atoms with Gasteiger partial charge in [-0.2, -0.15) is 18.3 Å². The lowest BCUT2D eigenvalue weighted by molar-refractivity contribution is -0.173. The molecule has 0 fully saturated rings. The molecule has 0 aliphatic carbocycles. The number of rotatable bonds is 3. The van der Waals surface area contributed by atoms with Crippen LogP contribution in [0.4, 0.5) is 24.7 Å². The molecule has 0 radical (unpaired) electrons. The van der Waals surface area contributed by atoms with Gasteiger partial charge in [0.15, 0.2) is 11.7 Å².